The van der Waals surface area contributed by atoms with Crippen LogP contribution in [0.4, 0.5) is 10.1 Å². The molecule has 0 atom stereocenters. The van der Waals surface area contributed by atoms with E-state index in [1.165, 1.54) is 24.1 Å². The summed E-state index contributed by atoms with van der Waals surface area (Å²) in [6.07, 6.45) is 9.73. The van der Waals surface area contributed by atoms with Crippen molar-refractivity contribution in [1.29, 1.82) is 0 Å². The third-order valence-electron chi connectivity index (χ3n) is 6.54. The van der Waals surface area contributed by atoms with E-state index in [1.54, 1.807) is 12.4 Å². The fourth-order valence-corrected chi connectivity index (χ4v) is 4.84. The van der Waals surface area contributed by atoms with Crippen LogP contribution in [0.2, 0.25) is 0 Å². The molecule has 4 heterocycles. The molecule has 0 fully saturated rings. The van der Waals surface area contributed by atoms with Crippen LogP contribution in [-0.2, 0) is 13.0 Å². The van der Waals surface area contributed by atoms with Gasteiger partial charge in [-0.05, 0) is 54.6 Å². The number of rotatable bonds is 9. The summed E-state index contributed by atoms with van der Waals surface area (Å²) in [5, 5.41) is 4.15. The van der Waals surface area contributed by atoms with Gasteiger partial charge in [-0.25, -0.2) is 9.37 Å². The summed E-state index contributed by atoms with van der Waals surface area (Å²) in [5.41, 5.74) is 8.20. The largest absolute Gasteiger partial charge is 0.376 e. The topological polar surface area (TPSA) is 121 Å². The highest BCUT2D eigenvalue weighted by molar-refractivity contribution is 7.96. The van der Waals surface area contributed by atoms with Crippen LogP contribution < -0.4 is 15.5 Å². The molecule has 9 nitrogen and oxygen atoms in total. The van der Waals surface area contributed by atoms with Gasteiger partial charge in [0.15, 0.2) is 5.82 Å². The molecule has 0 radical (unpaired) electrons. The molecule has 0 unspecified atom stereocenters. The molecule has 0 aliphatic rings. The minimum atomic E-state index is -0.336. The first-order valence-electron chi connectivity index (χ1n) is 12.7. The maximum Gasteiger partial charge on any atom is 0.159 e. The molecule has 40 heavy (non-hydrogen) atoms. The average Bonchev–Trinajstić information content (AvgIpc) is 3.40. The van der Waals surface area contributed by atoms with Gasteiger partial charge in [0.2, 0.25) is 0 Å². The summed E-state index contributed by atoms with van der Waals surface area (Å²) < 4.78 is 17.7. The third kappa shape index (κ3) is 5.51. The van der Waals surface area contributed by atoms with E-state index in [-0.39, 0.29) is 5.82 Å². The number of nitrogens with zero attached hydrogens (tertiary/aromatic N) is 6. The summed E-state index contributed by atoms with van der Waals surface area (Å²) in [7, 11) is 3.95. The lowest BCUT2D eigenvalue weighted by molar-refractivity contribution is 0.625. The Hall–Kier alpha value is -4.35. The third-order valence-corrected chi connectivity index (χ3v) is 6.97. The fraction of sp³-hybridized carbons (Fsp3) is 0.207. The van der Waals surface area contributed by atoms with Crippen LogP contribution in [0.15, 0.2) is 66.3 Å². The highest BCUT2D eigenvalue weighted by atomic mass is 32.2. The van der Waals surface area contributed by atoms with Crippen LogP contribution in [0.1, 0.15) is 29.6 Å². The minimum absolute atomic E-state index is 0.336. The molecule has 5 rings (SSSR count). The second-order valence-electron chi connectivity index (χ2n) is 9.39. The molecule has 0 amide bonds. The number of nitrogens with two attached hydrogens (primary N) is 1. The number of aryl methyl sites for hydroxylation is 1. The van der Waals surface area contributed by atoms with Gasteiger partial charge in [-0.15, -0.1) is 0 Å². The standard InChI is InChI=1S/C29H30FN9S/c1-5-24-23(12-20(15-34-24)19-11-22(39(2)3)16-32-14-19)27(38-31)29-36-25-6-7-33-26(28(25)37-29)18-8-17(13-35-40-4)9-21(30)10-18/h6-12,14-16,35H,5,13,31H2,1-4H3,(H,36,37)/b38-27+. The van der Waals surface area contributed by atoms with Crippen LogP contribution in [0.3, 0.4) is 0 Å². The second-order valence-corrected chi connectivity index (χ2v) is 10.1. The van der Waals surface area contributed by atoms with Gasteiger partial charge in [-0.1, -0.05) is 18.9 Å². The number of anilines is 1. The lowest BCUT2D eigenvalue weighted by Crippen LogP contribution is -2.13. The van der Waals surface area contributed by atoms with Gasteiger partial charge in [0.25, 0.3) is 0 Å². The number of pyridine rings is 3. The number of benzene rings is 1. The molecule has 0 bridgehead atoms. The van der Waals surface area contributed by atoms with Gasteiger partial charge in [0, 0.05) is 67.2 Å². The molecule has 5 aromatic rings. The number of imidazole rings is 1. The second kappa shape index (κ2) is 11.8. The Kier molecular flexibility index (Phi) is 8.04. The fourth-order valence-electron chi connectivity index (χ4n) is 4.53. The van der Waals surface area contributed by atoms with Crippen LogP contribution in [-0.4, -0.2) is 51.0 Å². The van der Waals surface area contributed by atoms with Crippen molar-refractivity contribution in [3.05, 3.63) is 89.6 Å². The van der Waals surface area contributed by atoms with Crippen molar-refractivity contribution in [3.63, 3.8) is 0 Å². The van der Waals surface area contributed by atoms with Gasteiger partial charge >= 0.3 is 0 Å². The van der Waals surface area contributed by atoms with Gasteiger partial charge in [0.1, 0.15) is 17.0 Å². The van der Waals surface area contributed by atoms with Gasteiger partial charge in [0.05, 0.1) is 23.1 Å². The zero-order chi connectivity index (χ0) is 28.2. The number of halogens is 1. The molecule has 4 aromatic heterocycles. The molecule has 0 aliphatic heterocycles. The monoisotopic (exact) mass is 555 g/mol. The molecule has 0 saturated carbocycles. The van der Waals surface area contributed by atoms with E-state index in [0.29, 0.717) is 41.3 Å². The predicted octanol–water partition coefficient (Wildman–Crippen LogP) is 4.93. The van der Waals surface area contributed by atoms with Crippen molar-refractivity contribution in [2.75, 3.05) is 25.3 Å². The zero-order valence-corrected chi connectivity index (χ0v) is 23.6. The Bertz CT molecular complexity index is 1700. The van der Waals surface area contributed by atoms with Gasteiger partial charge in [-0.3, -0.25) is 19.7 Å². The Labute approximate surface area is 236 Å². The zero-order valence-electron chi connectivity index (χ0n) is 22.7. The maximum atomic E-state index is 14.5. The molecule has 0 aliphatic carbocycles. The highest BCUT2D eigenvalue weighted by Gasteiger charge is 2.20. The molecule has 4 N–H and O–H groups in total. The van der Waals surface area contributed by atoms with E-state index in [4.69, 9.17) is 15.8 Å². The number of hydrogen-bond donors (Lipinski definition) is 3. The summed E-state index contributed by atoms with van der Waals surface area (Å²) in [5.74, 6) is 6.11. The van der Waals surface area contributed by atoms with Crippen LogP contribution >= 0.6 is 11.9 Å². The first kappa shape index (κ1) is 27.2. The number of hydrogen-bond acceptors (Lipinski definition) is 9. The highest BCUT2D eigenvalue weighted by Crippen LogP contribution is 2.29. The average molecular weight is 556 g/mol. The van der Waals surface area contributed by atoms with Crippen molar-refractivity contribution in [1.82, 2.24) is 29.6 Å². The van der Waals surface area contributed by atoms with Crippen LogP contribution in [0, 0.1) is 5.82 Å². The molecule has 1 aromatic carbocycles. The SMILES string of the molecule is CCc1ncc(-c2cncc(N(C)C)c2)cc1/C(=N\N)c1nc2c(-c3cc(F)cc(CNSC)c3)nccc2[nH]1. The molecule has 204 valence electrons. The van der Waals surface area contributed by atoms with E-state index >= 15 is 0 Å². The summed E-state index contributed by atoms with van der Waals surface area (Å²) in [4.78, 5) is 23.9. The van der Waals surface area contributed by atoms with Crippen LogP contribution in [0.25, 0.3) is 33.4 Å². The van der Waals surface area contributed by atoms with Gasteiger partial charge < -0.3 is 15.7 Å². The summed E-state index contributed by atoms with van der Waals surface area (Å²) in [6, 6.07) is 10.8. The Morgan fingerprint density at radius 2 is 1.90 bits per heavy atom. The molecule has 0 saturated heterocycles. The Morgan fingerprint density at radius 1 is 1.07 bits per heavy atom. The van der Waals surface area contributed by atoms with E-state index in [1.807, 2.05) is 62.8 Å². The van der Waals surface area contributed by atoms with Crippen molar-refractivity contribution in [2.24, 2.45) is 10.9 Å². The normalized spacial score (nSPS) is 11.8. The number of fused-ring (bicyclic) bond motifs is 1. The van der Waals surface area contributed by atoms with E-state index in [0.717, 1.165) is 39.2 Å². The lowest BCUT2D eigenvalue weighted by atomic mass is 10.0. The molecule has 11 heteroatoms. The number of nitrogens with one attached hydrogen (secondary N) is 2. The number of aromatic amines is 1. The first-order valence-corrected chi connectivity index (χ1v) is 13.9. The minimum Gasteiger partial charge on any atom is -0.376 e. The smallest absolute Gasteiger partial charge is 0.159 e. The number of hydrazone groups is 1. The summed E-state index contributed by atoms with van der Waals surface area (Å²) in [6.45, 7) is 2.55. The molecular formula is C29H30FN9S. The van der Waals surface area contributed by atoms with E-state index < -0.39 is 0 Å². The van der Waals surface area contributed by atoms with E-state index in [2.05, 4.69) is 30.8 Å². The van der Waals surface area contributed by atoms with Crippen molar-refractivity contribution < 1.29 is 4.39 Å². The Balaban J connectivity index is 1.59. The Morgan fingerprint density at radius 3 is 2.65 bits per heavy atom. The summed E-state index contributed by atoms with van der Waals surface area (Å²) >= 11 is 1.48. The first-order chi connectivity index (χ1) is 19.4. The van der Waals surface area contributed by atoms with Crippen molar-refractivity contribution in [3.8, 4) is 22.4 Å². The van der Waals surface area contributed by atoms with Gasteiger partial charge in [-0.2, -0.15) is 5.10 Å². The van der Waals surface area contributed by atoms with E-state index in [9.17, 15) is 4.39 Å². The number of aromatic nitrogens is 5. The molecule has 0 spiro atoms. The lowest BCUT2D eigenvalue weighted by Gasteiger charge is -2.14. The number of H-pyrrole nitrogens is 1. The molecular weight excluding hydrogens is 525 g/mol. The maximum absolute atomic E-state index is 14.5. The predicted molar refractivity (Wildman–Crippen MR) is 161 cm³/mol. The van der Waals surface area contributed by atoms with Crippen molar-refractivity contribution in [2.45, 2.75) is 19.9 Å². The van der Waals surface area contributed by atoms with Crippen LogP contribution in [0.5, 0.6) is 0 Å². The quantitative estimate of drug-likeness (QED) is 0.101. The van der Waals surface area contributed by atoms with Crippen molar-refractivity contribution >= 4 is 34.4 Å².